The van der Waals surface area contributed by atoms with E-state index >= 15 is 0 Å². The van der Waals surface area contributed by atoms with Crippen molar-refractivity contribution >= 4 is 21.8 Å². The lowest BCUT2D eigenvalue weighted by Gasteiger charge is -2.41. The molecule has 0 aromatic carbocycles. The Bertz CT molecular complexity index is 418. The zero-order valence-corrected chi connectivity index (χ0v) is 13.9. The van der Waals surface area contributed by atoms with E-state index in [1.54, 1.807) is 15.7 Å². The summed E-state index contributed by atoms with van der Waals surface area (Å²) in [4.78, 5) is 0. The van der Waals surface area contributed by atoms with Crippen molar-refractivity contribution in [2.45, 2.75) is 44.8 Å². The molecular formula is C13H25ClN2O3S. The fourth-order valence-corrected chi connectivity index (χ4v) is 5.39. The van der Waals surface area contributed by atoms with Crippen molar-refractivity contribution in [1.29, 1.82) is 0 Å². The highest BCUT2D eigenvalue weighted by atomic mass is 35.5. The van der Waals surface area contributed by atoms with Gasteiger partial charge in [-0.05, 0) is 25.2 Å². The van der Waals surface area contributed by atoms with Crippen LogP contribution in [0.3, 0.4) is 0 Å². The second kappa shape index (κ2) is 6.92. The summed E-state index contributed by atoms with van der Waals surface area (Å²) in [6, 6.07) is -0.0595. The molecule has 0 aromatic rings. The summed E-state index contributed by atoms with van der Waals surface area (Å²) < 4.78 is 34.2. The van der Waals surface area contributed by atoms with Gasteiger partial charge in [0.15, 0.2) is 0 Å². The minimum absolute atomic E-state index is 0.0160. The first-order valence-corrected chi connectivity index (χ1v) is 9.29. The Balaban J connectivity index is 2.13. The second-order valence-corrected chi connectivity index (χ2v) is 8.01. The van der Waals surface area contributed by atoms with Gasteiger partial charge >= 0.3 is 0 Å². The van der Waals surface area contributed by atoms with E-state index in [9.17, 15) is 8.42 Å². The van der Waals surface area contributed by atoms with Crippen molar-refractivity contribution in [2.75, 3.05) is 32.6 Å². The van der Waals surface area contributed by atoms with Gasteiger partial charge in [-0.1, -0.05) is 13.3 Å². The number of hydrogen-bond donors (Lipinski definition) is 0. The molecule has 0 N–H and O–H groups in total. The molecule has 0 aliphatic carbocycles. The Morgan fingerprint density at radius 3 is 2.65 bits per heavy atom. The molecule has 3 atom stereocenters. The minimum Gasteiger partial charge on any atom is -0.380 e. The van der Waals surface area contributed by atoms with Crippen molar-refractivity contribution in [3.8, 4) is 0 Å². The van der Waals surface area contributed by atoms with Gasteiger partial charge in [0.1, 0.15) is 0 Å². The number of methoxy groups -OCH3 is 1. The Kier molecular flexibility index (Phi) is 5.71. The van der Waals surface area contributed by atoms with Crippen LogP contribution in [0, 0.1) is 5.92 Å². The van der Waals surface area contributed by atoms with Gasteiger partial charge in [-0.15, -0.1) is 11.6 Å². The summed E-state index contributed by atoms with van der Waals surface area (Å²) >= 11 is 5.95. The van der Waals surface area contributed by atoms with Gasteiger partial charge in [0.2, 0.25) is 0 Å². The van der Waals surface area contributed by atoms with Crippen LogP contribution in [-0.4, -0.2) is 61.8 Å². The zero-order chi connectivity index (χ0) is 14.8. The van der Waals surface area contributed by atoms with Gasteiger partial charge in [-0.2, -0.15) is 17.0 Å². The highest BCUT2D eigenvalue weighted by Gasteiger charge is 2.39. The van der Waals surface area contributed by atoms with Crippen LogP contribution in [0.2, 0.25) is 0 Å². The summed E-state index contributed by atoms with van der Waals surface area (Å²) in [7, 11) is -1.76. The standard InChI is InChI=1S/C13H25ClN2O3S/c1-11-6-8-15(10-13(11)19-2)20(17,18)16-7-4-3-5-12(16)9-14/h11-13H,3-10H2,1-2H3. The minimum atomic E-state index is -3.41. The fraction of sp³-hybridized carbons (Fsp3) is 1.00. The van der Waals surface area contributed by atoms with Crippen LogP contribution in [0.25, 0.3) is 0 Å². The first-order chi connectivity index (χ1) is 9.50. The second-order valence-electron chi connectivity index (χ2n) is 5.82. The summed E-state index contributed by atoms with van der Waals surface area (Å²) in [5.74, 6) is 0.772. The predicted octanol–water partition coefficient (Wildman–Crippen LogP) is 1.68. The maximum Gasteiger partial charge on any atom is 0.282 e. The van der Waals surface area contributed by atoms with E-state index in [1.165, 1.54) is 0 Å². The molecule has 2 saturated heterocycles. The predicted molar refractivity (Wildman–Crippen MR) is 80.1 cm³/mol. The molecule has 2 fully saturated rings. The van der Waals surface area contributed by atoms with Gasteiger partial charge in [-0.25, -0.2) is 0 Å². The molecule has 118 valence electrons. The van der Waals surface area contributed by atoms with Crippen LogP contribution < -0.4 is 0 Å². The monoisotopic (exact) mass is 324 g/mol. The number of halogens is 1. The molecule has 0 spiro atoms. The highest BCUT2D eigenvalue weighted by Crippen LogP contribution is 2.27. The third kappa shape index (κ3) is 3.30. The molecule has 0 saturated carbocycles. The fourth-order valence-electron chi connectivity index (χ4n) is 3.10. The lowest BCUT2D eigenvalue weighted by atomic mass is 9.97. The van der Waals surface area contributed by atoms with Gasteiger partial charge in [0, 0.05) is 38.7 Å². The Morgan fingerprint density at radius 1 is 1.25 bits per heavy atom. The Hall–Kier alpha value is 0.120. The summed E-state index contributed by atoms with van der Waals surface area (Å²) in [6.07, 6.45) is 3.67. The van der Waals surface area contributed by atoms with Crippen molar-refractivity contribution in [3.63, 3.8) is 0 Å². The van der Waals surface area contributed by atoms with Gasteiger partial charge in [-0.3, -0.25) is 0 Å². The first kappa shape index (κ1) is 16.5. The maximum atomic E-state index is 12.8. The molecular weight excluding hydrogens is 300 g/mol. The molecule has 0 amide bonds. The zero-order valence-electron chi connectivity index (χ0n) is 12.3. The van der Waals surface area contributed by atoms with Crippen molar-refractivity contribution in [3.05, 3.63) is 0 Å². The van der Waals surface area contributed by atoms with E-state index in [0.29, 0.717) is 31.4 Å². The topological polar surface area (TPSA) is 49.9 Å². The molecule has 7 heteroatoms. The molecule has 3 unspecified atom stereocenters. The summed E-state index contributed by atoms with van der Waals surface area (Å²) in [6.45, 7) is 3.73. The number of piperidine rings is 2. The van der Waals surface area contributed by atoms with E-state index in [0.717, 1.165) is 25.7 Å². The molecule has 5 nitrogen and oxygen atoms in total. The molecule has 0 aromatic heterocycles. The highest BCUT2D eigenvalue weighted by molar-refractivity contribution is 7.86. The SMILES string of the molecule is COC1CN(S(=O)(=O)N2CCCCC2CCl)CCC1C. The largest absolute Gasteiger partial charge is 0.380 e. The van der Waals surface area contributed by atoms with E-state index in [-0.39, 0.29) is 12.1 Å². The number of nitrogens with zero attached hydrogens (tertiary/aromatic N) is 2. The number of hydrogen-bond acceptors (Lipinski definition) is 3. The van der Waals surface area contributed by atoms with Crippen LogP contribution in [0.1, 0.15) is 32.6 Å². The normalized spacial score (nSPS) is 34.2. The van der Waals surface area contributed by atoms with Crippen LogP contribution in [-0.2, 0) is 14.9 Å². The Morgan fingerprint density at radius 2 is 2.00 bits per heavy atom. The van der Waals surface area contributed by atoms with Crippen LogP contribution >= 0.6 is 11.6 Å². The van der Waals surface area contributed by atoms with E-state index < -0.39 is 10.2 Å². The summed E-state index contributed by atoms with van der Waals surface area (Å²) in [5, 5.41) is 0. The maximum absolute atomic E-state index is 12.8. The average Bonchev–Trinajstić information content (AvgIpc) is 2.47. The molecule has 2 heterocycles. The van der Waals surface area contributed by atoms with Crippen LogP contribution in [0.4, 0.5) is 0 Å². The lowest BCUT2D eigenvalue weighted by molar-refractivity contribution is 0.0162. The molecule has 0 radical (unpaired) electrons. The van der Waals surface area contributed by atoms with Crippen LogP contribution in [0.5, 0.6) is 0 Å². The van der Waals surface area contributed by atoms with Gasteiger partial charge < -0.3 is 4.74 Å². The van der Waals surface area contributed by atoms with Crippen molar-refractivity contribution in [2.24, 2.45) is 5.92 Å². The lowest BCUT2D eigenvalue weighted by Crippen LogP contribution is -2.55. The quantitative estimate of drug-likeness (QED) is 0.739. The number of ether oxygens (including phenoxy) is 1. The van der Waals surface area contributed by atoms with Crippen LogP contribution in [0.15, 0.2) is 0 Å². The molecule has 2 aliphatic rings. The average molecular weight is 325 g/mol. The third-order valence-electron chi connectivity index (χ3n) is 4.53. The molecule has 2 rings (SSSR count). The van der Waals surface area contributed by atoms with Crippen molar-refractivity contribution < 1.29 is 13.2 Å². The van der Waals surface area contributed by atoms with Gasteiger partial charge in [0.25, 0.3) is 10.2 Å². The van der Waals surface area contributed by atoms with Crippen molar-refractivity contribution in [1.82, 2.24) is 8.61 Å². The number of rotatable bonds is 4. The van der Waals surface area contributed by atoms with E-state index in [1.807, 2.05) is 0 Å². The summed E-state index contributed by atoms with van der Waals surface area (Å²) in [5.41, 5.74) is 0. The number of alkyl halides is 1. The third-order valence-corrected chi connectivity index (χ3v) is 6.94. The van der Waals surface area contributed by atoms with Gasteiger partial charge in [0.05, 0.1) is 6.10 Å². The first-order valence-electron chi connectivity index (χ1n) is 7.36. The molecule has 20 heavy (non-hydrogen) atoms. The van der Waals surface area contributed by atoms with E-state index in [4.69, 9.17) is 16.3 Å². The van der Waals surface area contributed by atoms with E-state index in [2.05, 4.69) is 6.92 Å². The molecule has 2 aliphatic heterocycles. The Labute approximate surface area is 127 Å². The molecule has 0 bridgehead atoms. The smallest absolute Gasteiger partial charge is 0.282 e.